The van der Waals surface area contributed by atoms with Gasteiger partial charge in [-0.25, -0.2) is 8.42 Å². The molecule has 164 valence electrons. The van der Waals surface area contributed by atoms with Crippen molar-refractivity contribution in [1.29, 1.82) is 0 Å². The molecule has 0 radical (unpaired) electrons. The molecule has 4 rings (SSSR count). The van der Waals surface area contributed by atoms with Crippen LogP contribution in [0.1, 0.15) is 25.3 Å². The molecule has 2 atom stereocenters. The molecule has 0 bridgehead atoms. The van der Waals surface area contributed by atoms with Gasteiger partial charge in [0.25, 0.3) is 5.91 Å². The zero-order valence-electron chi connectivity index (χ0n) is 17.2. The van der Waals surface area contributed by atoms with Gasteiger partial charge in [-0.1, -0.05) is 55.4 Å². The normalized spacial score (nSPS) is 23.4. The number of carbonyl (C=O) groups excluding carboxylic acids is 1. The molecule has 2 unspecified atom stereocenters. The lowest BCUT2D eigenvalue weighted by atomic mass is 9.99. The van der Waals surface area contributed by atoms with Crippen LogP contribution < -0.4 is 9.64 Å². The Balaban J connectivity index is 1.61. The Bertz CT molecular complexity index is 1120. The van der Waals surface area contributed by atoms with Gasteiger partial charge in [-0.3, -0.25) is 4.79 Å². The predicted molar refractivity (Wildman–Crippen MR) is 126 cm³/mol. The molecule has 2 fully saturated rings. The van der Waals surface area contributed by atoms with E-state index in [0.717, 1.165) is 11.3 Å². The van der Waals surface area contributed by atoms with Crippen molar-refractivity contribution >= 4 is 50.0 Å². The van der Waals surface area contributed by atoms with Crippen molar-refractivity contribution in [3.8, 4) is 5.75 Å². The van der Waals surface area contributed by atoms with Crippen molar-refractivity contribution in [2.45, 2.75) is 31.1 Å². The fourth-order valence-corrected chi connectivity index (χ4v) is 7.91. The number of hydrogen-bond acceptors (Lipinski definition) is 5. The molecular formula is C22H23ClN2O4S2. The molecular weight excluding hydrogens is 456 g/mol. The van der Waals surface area contributed by atoms with E-state index in [9.17, 15) is 13.2 Å². The Morgan fingerprint density at radius 2 is 1.90 bits per heavy atom. The van der Waals surface area contributed by atoms with Crippen LogP contribution in [0.5, 0.6) is 5.75 Å². The quantitative estimate of drug-likeness (QED) is 0.642. The van der Waals surface area contributed by atoms with Gasteiger partial charge in [0.05, 0.1) is 17.5 Å². The minimum absolute atomic E-state index is 0.0611. The van der Waals surface area contributed by atoms with Crippen molar-refractivity contribution in [2.75, 3.05) is 23.0 Å². The van der Waals surface area contributed by atoms with Crippen LogP contribution in [-0.2, 0) is 14.6 Å². The van der Waals surface area contributed by atoms with E-state index in [4.69, 9.17) is 16.3 Å². The van der Waals surface area contributed by atoms with Gasteiger partial charge in [-0.15, -0.1) is 0 Å². The molecule has 2 heterocycles. The molecule has 2 aromatic rings. The Kier molecular flexibility index (Phi) is 6.32. The Hall–Kier alpha value is -2.03. The van der Waals surface area contributed by atoms with Crippen molar-refractivity contribution in [1.82, 2.24) is 0 Å². The van der Waals surface area contributed by atoms with E-state index in [1.807, 2.05) is 29.2 Å². The summed E-state index contributed by atoms with van der Waals surface area (Å²) in [6, 6.07) is 14.4. The van der Waals surface area contributed by atoms with Crippen molar-refractivity contribution in [3.63, 3.8) is 0 Å². The number of benzene rings is 2. The molecule has 2 saturated heterocycles. The topological polar surface area (TPSA) is 76.0 Å². The first-order valence-corrected chi connectivity index (χ1v) is 13.1. The highest BCUT2D eigenvalue weighted by Gasteiger charge is 2.49. The number of hydrogen-bond donors (Lipinski definition) is 0. The highest BCUT2D eigenvalue weighted by atomic mass is 35.5. The summed E-state index contributed by atoms with van der Waals surface area (Å²) in [5.74, 6) is 0.501. The number of para-hydroxylation sites is 1. The van der Waals surface area contributed by atoms with Crippen molar-refractivity contribution in [3.05, 3.63) is 59.1 Å². The molecule has 2 aliphatic rings. The number of rotatable bonds is 5. The first-order chi connectivity index (χ1) is 14.7. The second kappa shape index (κ2) is 8.84. The summed E-state index contributed by atoms with van der Waals surface area (Å²) in [4.78, 5) is 18.8. The van der Waals surface area contributed by atoms with Crippen LogP contribution in [0.15, 0.2) is 53.5 Å². The standard InChI is InChI=1S/C22H23ClN2O4S2/c1-14(2)17-5-3-4-6-18(17)25-19-12-31(27,28)13-20(19)30-22(25)24-21(26)11-29-16-9-7-15(23)8-10-16/h3-10,14,19-20H,11-13H2,1-2H3. The van der Waals surface area contributed by atoms with Gasteiger partial charge in [0.15, 0.2) is 21.6 Å². The highest BCUT2D eigenvalue weighted by molar-refractivity contribution is 8.16. The summed E-state index contributed by atoms with van der Waals surface area (Å²) < 4.78 is 30.1. The number of sulfone groups is 1. The molecule has 0 aliphatic carbocycles. The van der Waals surface area contributed by atoms with Crippen molar-refractivity contribution in [2.24, 2.45) is 4.99 Å². The number of halogens is 1. The maximum absolute atomic E-state index is 12.6. The minimum atomic E-state index is -3.12. The molecule has 0 N–H and O–H groups in total. The van der Waals surface area contributed by atoms with Crippen LogP contribution in [0.4, 0.5) is 5.69 Å². The van der Waals surface area contributed by atoms with E-state index in [1.54, 1.807) is 24.3 Å². The molecule has 9 heteroatoms. The third kappa shape index (κ3) is 4.91. The summed E-state index contributed by atoms with van der Waals surface area (Å²) >= 11 is 7.23. The number of amidine groups is 1. The molecule has 6 nitrogen and oxygen atoms in total. The molecule has 31 heavy (non-hydrogen) atoms. The first kappa shape index (κ1) is 22.2. The smallest absolute Gasteiger partial charge is 0.285 e. The van der Waals surface area contributed by atoms with Gasteiger partial charge < -0.3 is 9.64 Å². The van der Waals surface area contributed by atoms with Crippen LogP contribution in [0.25, 0.3) is 0 Å². The molecule has 0 saturated carbocycles. The van der Waals surface area contributed by atoms with Crippen LogP contribution in [0.3, 0.4) is 0 Å². The number of carbonyl (C=O) groups is 1. The second-order valence-electron chi connectivity index (χ2n) is 7.91. The van der Waals surface area contributed by atoms with E-state index >= 15 is 0 Å². The van der Waals surface area contributed by atoms with E-state index in [-0.39, 0.29) is 35.3 Å². The van der Waals surface area contributed by atoms with Gasteiger partial charge in [-0.2, -0.15) is 4.99 Å². The minimum Gasteiger partial charge on any atom is -0.484 e. The summed E-state index contributed by atoms with van der Waals surface area (Å²) in [6.45, 7) is 3.97. The lowest BCUT2D eigenvalue weighted by molar-refractivity contribution is -0.119. The molecule has 2 aromatic carbocycles. The second-order valence-corrected chi connectivity index (χ2v) is 11.7. The van der Waals surface area contributed by atoms with Crippen LogP contribution >= 0.6 is 23.4 Å². The van der Waals surface area contributed by atoms with E-state index in [2.05, 4.69) is 18.8 Å². The van der Waals surface area contributed by atoms with E-state index in [0.29, 0.717) is 15.9 Å². The van der Waals surface area contributed by atoms with Gasteiger partial charge in [0.2, 0.25) is 0 Å². The van der Waals surface area contributed by atoms with Gasteiger partial charge in [-0.05, 0) is 41.8 Å². The van der Waals surface area contributed by atoms with E-state index in [1.165, 1.54) is 11.8 Å². The highest BCUT2D eigenvalue weighted by Crippen LogP contribution is 2.43. The summed E-state index contributed by atoms with van der Waals surface area (Å²) in [5.41, 5.74) is 1.99. The van der Waals surface area contributed by atoms with Gasteiger partial charge in [0.1, 0.15) is 5.75 Å². The molecule has 0 spiro atoms. The first-order valence-electron chi connectivity index (χ1n) is 9.98. The summed E-state index contributed by atoms with van der Waals surface area (Å²) in [6.07, 6.45) is 0. The third-order valence-electron chi connectivity index (χ3n) is 5.28. The van der Waals surface area contributed by atoms with Crippen LogP contribution in [0.2, 0.25) is 5.02 Å². The summed E-state index contributed by atoms with van der Waals surface area (Å²) in [7, 11) is -3.12. The van der Waals surface area contributed by atoms with E-state index < -0.39 is 15.7 Å². The number of amides is 1. The number of anilines is 1. The number of fused-ring (bicyclic) bond motifs is 1. The number of ether oxygens (including phenoxy) is 1. The molecule has 1 amide bonds. The Morgan fingerprint density at radius 1 is 1.19 bits per heavy atom. The maximum atomic E-state index is 12.6. The molecule has 2 aliphatic heterocycles. The average Bonchev–Trinajstić information content (AvgIpc) is 3.18. The lowest BCUT2D eigenvalue weighted by Crippen LogP contribution is -2.38. The fourth-order valence-electron chi connectivity index (χ4n) is 3.86. The summed E-state index contributed by atoms with van der Waals surface area (Å²) in [5, 5.41) is 0.971. The SMILES string of the molecule is CC(C)c1ccccc1N1C(=NC(=O)COc2ccc(Cl)cc2)SC2CS(=O)(=O)CC21. The maximum Gasteiger partial charge on any atom is 0.285 e. The largest absolute Gasteiger partial charge is 0.484 e. The van der Waals surface area contributed by atoms with Crippen LogP contribution in [0, 0.1) is 0 Å². The predicted octanol–water partition coefficient (Wildman–Crippen LogP) is 4.14. The van der Waals surface area contributed by atoms with Gasteiger partial charge in [0, 0.05) is 16.0 Å². The fraction of sp³-hybridized carbons (Fsp3) is 0.364. The number of aliphatic imine (C=N–C) groups is 1. The van der Waals surface area contributed by atoms with Crippen LogP contribution in [-0.4, -0.2) is 48.9 Å². The number of thioether (sulfide) groups is 1. The Labute approximate surface area is 191 Å². The Morgan fingerprint density at radius 3 is 2.61 bits per heavy atom. The molecule has 0 aromatic heterocycles. The third-order valence-corrected chi connectivity index (χ3v) is 8.74. The lowest BCUT2D eigenvalue weighted by Gasteiger charge is -2.28. The number of nitrogens with zero attached hydrogens (tertiary/aromatic N) is 2. The van der Waals surface area contributed by atoms with Crippen molar-refractivity contribution < 1.29 is 17.9 Å². The van der Waals surface area contributed by atoms with Gasteiger partial charge >= 0.3 is 0 Å². The zero-order chi connectivity index (χ0) is 22.2. The zero-order valence-corrected chi connectivity index (χ0v) is 19.6. The average molecular weight is 479 g/mol. The monoisotopic (exact) mass is 478 g/mol.